The number of amides is 2. The molecule has 2 rings (SSSR count). The van der Waals surface area contributed by atoms with Crippen molar-refractivity contribution in [2.75, 3.05) is 19.4 Å². The van der Waals surface area contributed by atoms with Crippen LogP contribution < -0.4 is 5.32 Å². The Morgan fingerprint density at radius 1 is 1.08 bits per heavy atom. The summed E-state index contributed by atoms with van der Waals surface area (Å²) in [5.41, 5.74) is 1.33. The smallest absolute Gasteiger partial charge is 0.286 e. The lowest BCUT2D eigenvalue weighted by Gasteiger charge is -2.12. The number of anilines is 1. The number of para-hydroxylation sites is 1. The maximum atomic E-state index is 12.1. The Labute approximate surface area is 160 Å². The Morgan fingerprint density at radius 3 is 2.48 bits per heavy atom. The van der Waals surface area contributed by atoms with Crippen LogP contribution >= 0.6 is 35.0 Å². The molecular formula is C18H16Cl2N2O2S. The van der Waals surface area contributed by atoms with E-state index in [1.807, 2.05) is 6.07 Å². The van der Waals surface area contributed by atoms with E-state index >= 15 is 0 Å². The van der Waals surface area contributed by atoms with Gasteiger partial charge in [-0.2, -0.15) is 0 Å². The minimum absolute atomic E-state index is 0.118. The molecule has 0 aromatic heterocycles. The Bertz CT molecular complexity index is 822. The standard InChI is InChI=1S/C18H16Cl2N2O2S/c1-22(2)18(24)25-16-6-4-3-5-15(16)21-17(23)10-8-12-7-9-13(19)14(20)11-12/h3-11H,1-2H3,(H,21,23)/b10-8+. The van der Waals surface area contributed by atoms with E-state index in [1.165, 1.54) is 11.0 Å². The third-order valence-corrected chi connectivity index (χ3v) is 4.93. The first-order valence-electron chi connectivity index (χ1n) is 7.29. The van der Waals surface area contributed by atoms with Crippen molar-refractivity contribution in [3.8, 4) is 0 Å². The molecule has 1 N–H and O–H groups in total. The molecule has 25 heavy (non-hydrogen) atoms. The van der Waals surface area contributed by atoms with Gasteiger partial charge in [-0.1, -0.05) is 41.4 Å². The van der Waals surface area contributed by atoms with Crippen LogP contribution in [0.1, 0.15) is 5.56 Å². The van der Waals surface area contributed by atoms with Crippen LogP contribution in [0.2, 0.25) is 10.0 Å². The zero-order chi connectivity index (χ0) is 18.4. The molecule has 0 aliphatic rings. The Kier molecular flexibility index (Phi) is 6.93. The minimum atomic E-state index is -0.309. The molecule has 7 heteroatoms. The van der Waals surface area contributed by atoms with Crippen molar-refractivity contribution in [2.45, 2.75) is 4.90 Å². The summed E-state index contributed by atoms with van der Waals surface area (Å²) in [4.78, 5) is 26.2. The van der Waals surface area contributed by atoms with Crippen molar-refractivity contribution >= 4 is 57.9 Å². The summed E-state index contributed by atoms with van der Waals surface area (Å²) in [6.45, 7) is 0. The van der Waals surface area contributed by atoms with Crippen molar-refractivity contribution in [3.63, 3.8) is 0 Å². The van der Waals surface area contributed by atoms with Crippen LogP contribution in [0.4, 0.5) is 10.5 Å². The van der Waals surface area contributed by atoms with E-state index in [4.69, 9.17) is 23.2 Å². The Hall–Kier alpha value is -1.95. The first-order valence-corrected chi connectivity index (χ1v) is 8.86. The third kappa shape index (κ3) is 5.81. The van der Waals surface area contributed by atoms with Gasteiger partial charge in [-0.3, -0.25) is 9.59 Å². The van der Waals surface area contributed by atoms with Gasteiger partial charge in [-0.05, 0) is 47.7 Å². The summed E-state index contributed by atoms with van der Waals surface area (Å²) in [5, 5.41) is 3.54. The van der Waals surface area contributed by atoms with Crippen LogP contribution in [0.5, 0.6) is 0 Å². The normalized spacial score (nSPS) is 10.7. The van der Waals surface area contributed by atoms with E-state index in [0.29, 0.717) is 20.6 Å². The number of nitrogens with one attached hydrogen (secondary N) is 1. The van der Waals surface area contributed by atoms with Gasteiger partial charge in [0.05, 0.1) is 15.7 Å². The van der Waals surface area contributed by atoms with E-state index in [2.05, 4.69) is 5.32 Å². The van der Waals surface area contributed by atoms with E-state index in [1.54, 1.807) is 56.6 Å². The highest BCUT2D eigenvalue weighted by Gasteiger charge is 2.11. The highest BCUT2D eigenvalue weighted by Crippen LogP contribution is 2.28. The first-order chi connectivity index (χ1) is 11.9. The topological polar surface area (TPSA) is 49.4 Å². The fourth-order valence-electron chi connectivity index (χ4n) is 1.81. The predicted molar refractivity (Wildman–Crippen MR) is 106 cm³/mol. The average molecular weight is 395 g/mol. The fraction of sp³-hybridized carbons (Fsp3) is 0.111. The van der Waals surface area contributed by atoms with Gasteiger partial charge in [0.25, 0.3) is 5.24 Å². The van der Waals surface area contributed by atoms with Gasteiger partial charge in [0.1, 0.15) is 0 Å². The lowest BCUT2D eigenvalue weighted by molar-refractivity contribution is -0.111. The van der Waals surface area contributed by atoms with E-state index in [0.717, 1.165) is 17.3 Å². The van der Waals surface area contributed by atoms with Gasteiger partial charge in [0, 0.05) is 25.1 Å². The number of halogens is 2. The van der Waals surface area contributed by atoms with Crippen LogP contribution in [0.3, 0.4) is 0 Å². The van der Waals surface area contributed by atoms with E-state index in [-0.39, 0.29) is 11.1 Å². The van der Waals surface area contributed by atoms with Crippen molar-refractivity contribution < 1.29 is 9.59 Å². The molecule has 0 saturated heterocycles. The van der Waals surface area contributed by atoms with Gasteiger partial charge in [-0.15, -0.1) is 0 Å². The number of hydrogen-bond acceptors (Lipinski definition) is 3. The second-order valence-corrected chi connectivity index (χ2v) is 7.06. The van der Waals surface area contributed by atoms with Gasteiger partial charge < -0.3 is 10.2 Å². The summed E-state index contributed by atoms with van der Waals surface area (Å²) in [7, 11) is 3.35. The molecule has 0 radical (unpaired) electrons. The summed E-state index contributed by atoms with van der Waals surface area (Å²) in [6, 6.07) is 12.2. The van der Waals surface area contributed by atoms with Gasteiger partial charge in [0.2, 0.25) is 5.91 Å². The number of carbonyl (C=O) groups excluding carboxylic acids is 2. The van der Waals surface area contributed by atoms with Crippen LogP contribution in [0.15, 0.2) is 53.4 Å². The zero-order valence-corrected chi connectivity index (χ0v) is 16.0. The maximum absolute atomic E-state index is 12.1. The number of nitrogens with zero attached hydrogens (tertiary/aromatic N) is 1. The quantitative estimate of drug-likeness (QED) is 0.556. The molecule has 2 aromatic carbocycles. The molecule has 0 bridgehead atoms. The summed E-state index contributed by atoms with van der Waals surface area (Å²) < 4.78 is 0. The molecule has 0 atom stereocenters. The lowest BCUT2D eigenvalue weighted by Crippen LogP contribution is -2.16. The molecule has 0 aliphatic carbocycles. The molecule has 2 aromatic rings. The highest BCUT2D eigenvalue weighted by atomic mass is 35.5. The number of benzene rings is 2. The van der Waals surface area contributed by atoms with Crippen molar-refractivity contribution in [3.05, 3.63) is 64.1 Å². The maximum Gasteiger partial charge on any atom is 0.286 e. The van der Waals surface area contributed by atoms with Crippen LogP contribution in [0, 0.1) is 0 Å². The molecule has 0 unspecified atom stereocenters. The van der Waals surface area contributed by atoms with E-state index in [9.17, 15) is 9.59 Å². The van der Waals surface area contributed by atoms with Gasteiger partial charge >= 0.3 is 0 Å². The molecule has 0 saturated carbocycles. The largest absolute Gasteiger partial charge is 0.339 e. The highest BCUT2D eigenvalue weighted by molar-refractivity contribution is 8.13. The van der Waals surface area contributed by atoms with Gasteiger partial charge in [-0.25, -0.2) is 0 Å². The zero-order valence-electron chi connectivity index (χ0n) is 13.6. The minimum Gasteiger partial charge on any atom is -0.339 e. The van der Waals surface area contributed by atoms with Crippen LogP contribution in [-0.2, 0) is 4.79 Å². The van der Waals surface area contributed by atoms with Crippen LogP contribution in [0.25, 0.3) is 6.08 Å². The first kappa shape index (κ1) is 19.4. The number of hydrogen-bond donors (Lipinski definition) is 1. The van der Waals surface area contributed by atoms with Gasteiger partial charge in [0.15, 0.2) is 0 Å². The number of rotatable bonds is 4. The summed E-state index contributed by atoms with van der Waals surface area (Å²) in [6.07, 6.45) is 3.03. The number of thioether (sulfide) groups is 1. The molecule has 4 nitrogen and oxygen atoms in total. The summed E-state index contributed by atoms with van der Waals surface area (Å²) >= 11 is 12.9. The molecule has 130 valence electrons. The van der Waals surface area contributed by atoms with E-state index < -0.39 is 0 Å². The third-order valence-electron chi connectivity index (χ3n) is 3.08. The fourth-order valence-corrected chi connectivity index (χ4v) is 2.86. The average Bonchev–Trinajstić information content (AvgIpc) is 2.57. The second-order valence-electron chi connectivity index (χ2n) is 5.25. The lowest BCUT2D eigenvalue weighted by atomic mass is 10.2. The molecule has 0 fully saturated rings. The second kappa shape index (κ2) is 8.94. The molecule has 0 heterocycles. The molecule has 0 aliphatic heterocycles. The van der Waals surface area contributed by atoms with Crippen molar-refractivity contribution in [1.29, 1.82) is 0 Å². The monoisotopic (exact) mass is 394 g/mol. The SMILES string of the molecule is CN(C)C(=O)Sc1ccccc1NC(=O)/C=C/c1ccc(Cl)c(Cl)c1. The van der Waals surface area contributed by atoms with Crippen molar-refractivity contribution in [1.82, 2.24) is 4.90 Å². The molecular weight excluding hydrogens is 379 g/mol. The van der Waals surface area contributed by atoms with Crippen molar-refractivity contribution in [2.24, 2.45) is 0 Å². The summed E-state index contributed by atoms with van der Waals surface area (Å²) in [5.74, 6) is -0.309. The Morgan fingerprint density at radius 2 is 1.80 bits per heavy atom. The predicted octanol–water partition coefficient (Wildman–Crippen LogP) is 5.42. The molecule has 0 spiro atoms. The Balaban J connectivity index is 2.08. The number of carbonyl (C=O) groups is 2. The van der Waals surface area contributed by atoms with Crippen LogP contribution in [-0.4, -0.2) is 30.1 Å². The molecule has 2 amide bonds.